The Morgan fingerprint density at radius 3 is 0.960 bits per heavy atom. The molecule has 0 aromatic rings. The highest BCUT2D eigenvalue weighted by Crippen LogP contribution is 2.10. The van der Waals surface area contributed by atoms with Crippen molar-refractivity contribution in [2.24, 2.45) is 0 Å². The Labute approximate surface area is 176 Å². The molecule has 0 fully saturated rings. The maximum atomic E-state index is 6.07. The van der Waals surface area contributed by atoms with E-state index in [0.717, 1.165) is 0 Å². The van der Waals surface area contributed by atoms with Crippen molar-refractivity contribution in [1.82, 2.24) is 0 Å². The summed E-state index contributed by atoms with van der Waals surface area (Å²) < 4.78 is 0. The second kappa shape index (κ2) is 12.2. The molecule has 0 atom stereocenters. The highest BCUT2D eigenvalue weighted by molar-refractivity contribution is 8.19. The molecule has 0 aliphatic heterocycles. The average Bonchev–Trinajstić information content (AvgIpc) is 2.44. The smallest absolute Gasteiger partial charge is 0.0413 e. The first kappa shape index (κ1) is 26.6. The molecule has 0 spiro atoms. The Hall–Kier alpha value is 1.56. The molecule has 0 aromatic heterocycles. The molecule has 0 heterocycles. The van der Waals surface area contributed by atoms with Crippen LogP contribution >= 0.6 is 0 Å². The van der Waals surface area contributed by atoms with E-state index >= 15 is 0 Å². The van der Waals surface area contributed by atoms with Crippen LogP contribution in [-0.4, -0.2) is 170 Å². The van der Waals surface area contributed by atoms with E-state index in [1.807, 2.05) is 6.82 Å². The Morgan fingerprint density at radius 1 is 0.480 bits per heavy atom. The lowest BCUT2D eigenvalue weighted by molar-refractivity contribution is 2.32. The third kappa shape index (κ3) is 7.48. The second-order valence-corrected chi connectivity index (χ2v) is 6.83. The van der Waals surface area contributed by atoms with Gasteiger partial charge in [0.05, 0.1) is 0 Å². The van der Waals surface area contributed by atoms with Crippen molar-refractivity contribution in [1.29, 1.82) is 0 Å². The van der Waals surface area contributed by atoms with E-state index in [4.69, 9.17) is 92.8 Å². The Morgan fingerprint density at radius 2 is 0.760 bits per heavy atom. The fourth-order valence-electron chi connectivity index (χ4n) is 3.84. The minimum absolute atomic E-state index is 0.335. The highest BCUT2D eigenvalue weighted by atomic mass is 13.3. The summed E-state index contributed by atoms with van der Waals surface area (Å²) in [5, 5.41) is 0. The summed E-state index contributed by atoms with van der Waals surface area (Å²) in [5.74, 6) is 0. The summed E-state index contributed by atoms with van der Waals surface area (Å²) in [6.07, 6.45) is -7.09. The fraction of sp³-hybridized carbons (Fsp3) is 1.00. The molecule has 0 unspecified atom stereocenters. The van der Waals surface area contributed by atoms with Gasteiger partial charge in [-0.3, -0.25) is 0 Å². The van der Waals surface area contributed by atoms with Crippen LogP contribution in [0.5, 0.6) is 0 Å². The van der Waals surface area contributed by atoms with Crippen LogP contribution in [0.2, 0.25) is 6.82 Å². The predicted molar refractivity (Wildman–Crippen MR) is 144 cm³/mol. The van der Waals surface area contributed by atoms with Crippen LogP contribution in [-0.2, 0) is 0 Å². The standard InChI is InChI=1S/CH3B24/c1-15(22(16(3)4)21(13)14-2)23(24(17(5)6)18(7)8)25(19(9)10)20(11)12/h1H3. The maximum Gasteiger partial charge on any atom is 0.0413 e. The van der Waals surface area contributed by atoms with E-state index < -0.39 is 63.9 Å². The molecular formula is CH3B24. The molecule has 25 radical (unpaired) electrons. The van der Waals surface area contributed by atoms with Crippen molar-refractivity contribution in [2.75, 3.05) is 0 Å². The average molecular weight is 275 g/mol. The van der Waals surface area contributed by atoms with E-state index in [-0.39, 0.29) is 6.49 Å². The lowest BCUT2D eigenvalue weighted by Crippen LogP contribution is -2.82. The first-order chi connectivity index (χ1) is 11.4. The quantitative estimate of drug-likeness (QED) is 0.328. The number of rotatable bonds is 11. The summed E-state index contributed by atoms with van der Waals surface area (Å²) in [6, 6.07) is 0. The molecule has 0 saturated heterocycles. The molecule has 0 aliphatic carbocycles. The van der Waals surface area contributed by atoms with Crippen LogP contribution in [0.1, 0.15) is 0 Å². The minimum atomic E-state index is -0.875. The van der Waals surface area contributed by atoms with E-state index in [0.29, 0.717) is 0 Å². The first-order valence-electron chi connectivity index (χ1n) is 8.24. The van der Waals surface area contributed by atoms with Gasteiger partial charge < -0.3 is 0 Å². The van der Waals surface area contributed by atoms with Gasteiger partial charge >= 0.3 is 0 Å². The van der Waals surface area contributed by atoms with Crippen molar-refractivity contribution < 1.29 is 0 Å². The Balaban J connectivity index is 6.16. The summed E-state index contributed by atoms with van der Waals surface area (Å²) in [4.78, 5) is 0. The molecule has 79 valence electrons. The predicted octanol–water partition coefficient (Wildman–Crippen LogP) is -8.56. The van der Waals surface area contributed by atoms with Crippen molar-refractivity contribution in [3.8, 4) is 0 Å². The molecule has 0 aromatic carbocycles. The van der Waals surface area contributed by atoms with E-state index in [1.54, 1.807) is 0 Å². The monoisotopic (exact) mass is 279 g/mol. The maximum absolute atomic E-state index is 6.07. The van der Waals surface area contributed by atoms with Gasteiger partial charge in [-0.2, -0.15) is 0 Å². The minimum Gasteiger partial charge on any atom is -0.101 e. The van der Waals surface area contributed by atoms with Gasteiger partial charge in [-0.15, -0.1) is 6.82 Å². The van der Waals surface area contributed by atoms with Crippen molar-refractivity contribution in [3.05, 3.63) is 0 Å². The van der Waals surface area contributed by atoms with Crippen LogP contribution in [0, 0.1) is 0 Å². The van der Waals surface area contributed by atoms with Gasteiger partial charge in [-0.1, -0.05) is 0 Å². The molecule has 0 amide bonds. The lowest BCUT2D eigenvalue weighted by Gasteiger charge is -2.45. The van der Waals surface area contributed by atoms with Crippen molar-refractivity contribution in [2.45, 2.75) is 6.82 Å². The third-order valence-corrected chi connectivity index (χ3v) is 4.99. The molecule has 0 N–H and O–H groups in total. The van der Waals surface area contributed by atoms with Gasteiger partial charge in [0.15, 0.2) is 0 Å². The highest BCUT2D eigenvalue weighted by Gasteiger charge is 2.47. The van der Waals surface area contributed by atoms with Gasteiger partial charge in [-0.05, 0) is 0 Å². The number of hydrogen-bond donors (Lipinski definition) is 0. The molecule has 25 heavy (non-hydrogen) atoms. The molecule has 0 rings (SSSR count). The second-order valence-electron chi connectivity index (χ2n) is 6.83. The Bertz CT molecular complexity index is 306. The third-order valence-electron chi connectivity index (χ3n) is 4.99. The molecule has 0 bridgehead atoms. The van der Waals surface area contributed by atoms with E-state index in [1.165, 1.54) is 7.06 Å². The Kier molecular flexibility index (Phi) is 13.0. The van der Waals surface area contributed by atoms with Gasteiger partial charge in [0.1, 0.15) is 0 Å². The zero-order valence-corrected chi connectivity index (χ0v) is 14.9. The zero-order valence-electron chi connectivity index (χ0n) is 14.9. The zero-order chi connectivity index (χ0) is 20.1. The van der Waals surface area contributed by atoms with Gasteiger partial charge in [-0.25, -0.2) is 0 Å². The van der Waals surface area contributed by atoms with Crippen LogP contribution in [0.3, 0.4) is 0 Å². The van der Waals surface area contributed by atoms with Crippen LogP contribution in [0.15, 0.2) is 0 Å². The summed E-state index contributed by atoms with van der Waals surface area (Å²) in [6.45, 7) is 1.51. The molecule has 0 nitrogen and oxygen atoms in total. The van der Waals surface area contributed by atoms with Crippen LogP contribution in [0.25, 0.3) is 0 Å². The van der Waals surface area contributed by atoms with Gasteiger partial charge in [0, 0.05) is 170 Å². The van der Waals surface area contributed by atoms with E-state index in [9.17, 15) is 0 Å². The first-order valence-corrected chi connectivity index (χ1v) is 8.24. The largest absolute Gasteiger partial charge is 0.101 e. The van der Waals surface area contributed by atoms with Gasteiger partial charge in [0.25, 0.3) is 0 Å². The summed E-state index contributed by atoms with van der Waals surface area (Å²) >= 11 is 0. The van der Waals surface area contributed by atoms with E-state index in [2.05, 4.69) is 0 Å². The van der Waals surface area contributed by atoms with Crippen LogP contribution in [0.4, 0.5) is 0 Å². The molecular weight excluding hydrogens is 271 g/mol. The fourth-order valence-corrected chi connectivity index (χ4v) is 3.84. The molecule has 24 heteroatoms. The topological polar surface area (TPSA) is 0 Å². The van der Waals surface area contributed by atoms with Crippen molar-refractivity contribution >= 4 is 170 Å². The lowest BCUT2D eigenvalue weighted by atomic mass is 8.38. The number of hydrogen-bond acceptors (Lipinski definition) is 0. The summed E-state index contributed by atoms with van der Waals surface area (Å²) in [5.41, 5.74) is 0. The van der Waals surface area contributed by atoms with Crippen molar-refractivity contribution in [3.63, 3.8) is 0 Å². The van der Waals surface area contributed by atoms with Crippen LogP contribution < -0.4 is 0 Å². The molecule has 0 saturated carbocycles. The normalized spacial score (nSPS) is 9.32. The SMILES string of the molecule is [B][B]B([B])B(B([B])[B])B(C)B(B(B([B])[B])B([B])[B])B(B([B])[B])B([B])[B]. The van der Waals surface area contributed by atoms with Gasteiger partial charge in [0.2, 0.25) is 0 Å². The molecule has 0 aliphatic rings. The summed E-state index contributed by atoms with van der Waals surface area (Å²) in [7, 11) is 72.2.